The molecule has 1 aromatic rings. The smallest absolute Gasteiger partial charge is 0.264 e. The molecule has 9 heteroatoms. The minimum atomic E-state index is -3.16. The van der Waals surface area contributed by atoms with Crippen LogP contribution in [0.15, 0.2) is 36.4 Å². The largest absolute Gasteiger partial charge is 0.274 e. The molecule has 17 heavy (non-hydrogen) atoms. The summed E-state index contributed by atoms with van der Waals surface area (Å²) < 4.78 is 23.5. The third kappa shape index (κ3) is 39.9. The van der Waals surface area contributed by atoms with E-state index in [1.807, 2.05) is 36.4 Å². The fraction of sp³-hybridized carbons (Fsp3) is 0.250. The van der Waals surface area contributed by atoms with Gasteiger partial charge >= 0.3 is 0 Å². The Morgan fingerprint density at radius 3 is 0.882 bits per heavy atom. The maximum atomic E-state index is 9.78. The zero-order valence-electron chi connectivity index (χ0n) is 9.14. The van der Waals surface area contributed by atoms with E-state index in [0.717, 1.165) is 13.4 Å². The molecule has 0 aromatic heterocycles. The summed E-state index contributed by atoms with van der Waals surface area (Å²) in [6.07, 6.45) is 0.993. The molecule has 0 fully saturated rings. The van der Waals surface area contributed by atoms with E-state index in [4.69, 9.17) is 0 Å². The molecule has 1 aromatic carbocycles. The summed E-state index contributed by atoms with van der Waals surface area (Å²) in [5.74, 6) is 0. The Balaban J connectivity index is -0.0000000275. The van der Waals surface area contributed by atoms with Gasteiger partial charge in [-0.2, -0.15) is 8.42 Å². The number of hydrogen-bond acceptors (Lipinski definition) is 3. The van der Waals surface area contributed by atoms with Crippen LogP contribution in [-0.2, 0) is 14.3 Å². The Kier molecular flexibility index (Phi) is 42.9. The van der Waals surface area contributed by atoms with Gasteiger partial charge in [0.05, 0.1) is 13.4 Å². The van der Waals surface area contributed by atoms with E-state index in [9.17, 15) is 8.42 Å². The lowest BCUT2D eigenvalue weighted by molar-refractivity contribution is 0.403. The second kappa shape index (κ2) is 20.2. The van der Waals surface area contributed by atoms with Crippen molar-refractivity contribution >= 4 is 10.1 Å². The topological polar surface area (TPSA) is 43.4 Å². The number of rotatable bonds is 1. The lowest BCUT2D eigenvalue weighted by atomic mass is 10.4. The second-order valence-corrected chi connectivity index (χ2v) is 3.77. The summed E-state index contributed by atoms with van der Waals surface area (Å²) in [6.45, 7) is 0. The van der Waals surface area contributed by atoms with Gasteiger partial charge in [-0.3, -0.25) is 27.7 Å². The fourth-order valence-electron chi connectivity index (χ4n) is 0.385. The van der Waals surface area contributed by atoms with E-state index in [-0.39, 0.29) is 23.5 Å². The third-order valence-electron chi connectivity index (χ3n) is 0.969. The molecule has 108 valence electrons. The Morgan fingerprint density at radius 1 is 0.706 bits per heavy atom. The van der Waals surface area contributed by atoms with Gasteiger partial charge in [0.2, 0.25) is 0 Å². The molecule has 0 heterocycles. The highest BCUT2D eigenvalue weighted by Gasteiger charge is 1.90. The van der Waals surface area contributed by atoms with Crippen LogP contribution in [0.2, 0.25) is 0 Å². The average Bonchev–Trinajstić information content (AvgIpc) is 2.07. The monoisotopic (exact) mass is 288 g/mol. The predicted octanol–water partition coefficient (Wildman–Crippen LogP) is 2.04. The van der Waals surface area contributed by atoms with E-state index >= 15 is 0 Å². The van der Waals surface area contributed by atoms with Gasteiger partial charge in [-0.1, -0.05) is 36.4 Å². The van der Waals surface area contributed by atoms with Crippen molar-refractivity contribution in [2.75, 3.05) is 13.4 Å². The van der Waals surface area contributed by atoms with Crippen molar-refractivity contribution in [3.05, 3.63) is 36.4 Å². The van der Waals surface area contributed by atoms with Crippen LogP contribution in [0.3, 0.4) is 0 Å². The molecule has 0 unspecified atom stereocenters. The van der Waals surface area contributed by atoms with Crippen LogP contribution in [0.5, 0.6) is 0 Å². The van der Waals surface area contributed by atoms with Crippen LogP contribution >= 0.6 is 0 Å². The Bertz CT molecular complexity index is 267. The van der Waals surface area contributed by atoms with Gasteiger partial charge < -0.3 is 0 Å². The van der Waals surface area contributed by atoms with Crippen molar-refractivity contribution < 1.29 is 36.1 Å². The fourth-order valence-corrected chi connectivity index (χ4v) is 0.385. The highest BCUT2D eigenvalue weighted by atomic mass is 32.2. The summed E-state index contributed by atoms with van der Waals surface area (Å²) >= 11 is 0. The van der Waals surface area contributed by atoms with Gasteiger partial charge in [0.25, 0.3) is 10.1 Å². The van der Waals surface area contributed by atoms with Crippen molar-refractivity contribution in [1.82, 2.24) is 0 Å². The lowest BCUT2D eigenvalue weighted by Gasteiger charge is -1.84. The average molecular weight is 288 g/mol. The first kappa shape index (κ1) is 36.0. The first-order valence-corrected chi connectivity index (χ1v) is 5.13. The third-order valence-corrected chi connectivity index (χ3v) is 1.57. The summed E-state index contributed by atoms with van der Waals surface area (Å²) in [5.41, 5.74) is 0. The van der Waals surface area contributed by atoms with E-state index in [1.165, 1.54) is 0 Å². The summed E-state index contributed by atoms with van der Waals surface area (Å²) in [7, 11) is -2.04. The molecule has 0 bridgehead atoms. The Labute approximate surface area is 96.8 Å². The van der Waals surface area contributed by atoms with E-state index in [2.05, 4.69) is 4.18 Å². The molecule has 0 spiro atoms. The molecule has 0 N–H and O–H groups in total. The zero-order valence-corrected chi connectivity index (χ0v) is 9.95. The maximum Gasteiger partial charge on any atom is 0.264 e. The molecule has 0 atom stereocenters. The summed E-state index contributed by atoms with van der Waals surface area (Å²) in [4.78, 5) is 0. The molecule has 0 radical (unpaired) electrons. The Morgan fingerprint density at radius 2 is 0.824 bits per heavy atom. The molecular weight excluding hydrogens is 271 g/mol. The van der Waals surface area contributed by atoms with Crippen molar-refractivity contribution in [2.24, 2.45) is 0 Å². The van der Waals surface area contributed by atoms with Crippen molar-refractivity contribution in [2.45, 2.75) is 0 Å². The van der Waals surface area contributed by atoms with Gasteiger partial charge in [-0.15, -0.1) is 0 Å². The minimum absolute atomic E-state index is 0. The van der Waals surface area contributed by atoms with Crippen LogP contribution < -0.4 is 0 Å². The van der Waals surface area contributed by atoms with E-state index in [1.54, 1.807) is 0 Å². The van der Waals surface area contributed by atoms with Crippen molar-refractivity contribution in [3.63, 3.8) is 0 Å². The molecule has 3 nitrogen and oxygen atoms in total. The summed E-state index contributed by atoms with van der Waals surface area (Å²) in [6, 6.07) is 12.0. The van der Waals surface area contributed by atoms with Gasteiger partial charge in [0.15, 0.2) is 0 Å². The second-order valence-electron chi connectivity index (χ2n) is 2.03. The van der Waals surface area contributed by atoms with E-state index in [0.29, 0.717) is 0 Å². The molecule has 1 rings (SSSR count). The quantitative estimate of drug-likeness (QED) is 0.587. The van der Waals surface area contributed by atoms with Crippen LogP contribution in [0.25, 0.3) is 0 Å². The van der Waals surface area contributed by atoms with Crippen LogP contribution in [0, 0.1) is 0 Å². The standard InChI is InChI=1S/C6H6.C2H6O3S.5FH/c1-2-4-6-5-3-1;1-5-6(2,3)4;;;;;/h1-6H;1-2H3;5*1H. The molecule has 0 aliphatic heterocycles. The van der Waals surface area contributed by atoms with Crippen molar-refractivity contribution in [3.8, 4) is 0 Å². The van der Waals surface area contributed by atoms with E-state index < -0.39 is 10.1 Å². The summed E-state index contributed by atoms with van der Waals surface area (Å²) in [5, 5.41) is 0. The first-order chi connectivity index (χ1) is 5.56. The van der Waals surface area contributed by atoms with Gasteiger partial charge in [-0.05, 0) is 0 Å². The lowest BCUT2D eigenvalue weighted by Crippen LogP contribution is -1.95. The molecular formula is C8H17F5O3S. The van der Waals surface area contributed by atoms with Gasteiger partial charge in [0, 0.05) is 0 Å². The van der Waals surface area contributed by atoms with Crippen LogP contribution in [0.1, 0.15) is 0 Å². The van der Waals surface area contributed by atoms with Crippen molar-refractivity contribution in [1.29, 1.82) is 0 Å². The number of benzene rings is 1. The minimum Gasteiger partial charge on any atom is -0.274 e. The molecule has 0 saturated carbocycles. The highest BCUT2D eigenvalue weighted by molar-refractivity contribution is 7.85. The van der Waals surface area contributed by atoms with Crippen LogP contribution in [0.4, 0.5) is 23.5 Å². The van der Waals surface area contributed by atoms with Gasteiger partial charge in [0.1, 0.15) is 0 Å². The van der Waals surface area contributed by atoms with Gasteiger partial charge in [-0.25, -0.2) is 0 Å². The maximum absolute atomic E-state index is 9.78. The zero-order chi connectivity index (χ0) is 9.45. The molecule has 0 saturated heterocycles. The Hall–Kier alpha value is -1.22. The SMILES string of the molecule is COS(C)(=O)=O.F.F.F.F.F.c1ccccc1. The molecule has 0 aliphatic carbocycles. The van der Waals surface area contributed by atoms with Crippen LogP contribution in [-0.4, -0.2) is 21.8 Å². The number of hydrogen-bond donors (Lipinski definition) is 0. The molecule has 0 amide bonds. The highest BCUT2D eigenvalue weighted by Crippen LogP contribution is 1.79. The first-order valence-electron chi connectivity index (χ1n) is 3.32. The predicted molar refractivity (Wildman–Crippen MR) is 60.8 cm³/mol. The number of halogens is 5. The normalized spacial score (nSPS) is 6.94. The molecule has 0 aliphatic rings.